The molecule has 0 unspecified atom stereocenters. The number of likely N-dealkylation sites (tertiary alicyclic amines) is 2. The molecule has 2 aliphatic rings. The van der Waals surface area contributed by atoms with Gasteiger partial charge in [-0.15, -0.1) is 11.3 Å². The number of hydrogen-bond donors (Lipinski definition) is 1. The van der Waals surface area contributed by atoms with Gasteiger partial charge in [-0.1, -0.05) is 0 Å². The van der Waals surface area contributed by atoms with Gasteiger partial charge in [0.25, 0.3) is 5.91 Å². The number of hydrogen-bond acceptors (Lipinski definition) is 4. The molecule has 3 rings (SSSR count). The molecule has 2 saturated heterocycles. The van der Waals surface area contributed by atoms with Crippen molar-refractivity contribution < 1.29 is 19.5 Å². The maximum absolute atomic E-state index is 12.6. The summed E-state index contributed by atoms with van der Waals surface area (Å²) in [5.74, 6) is -0.972. The standard InChI is InChI=1S/C18H24N2O4S/c1-12-9-14(10-25-12)16(22)19-7-5-18(6-8-19)4-3-15(21)20(11-18)13(2)17(23)24/h9-10,13H,3-8,11H2,1-2H3,(H,23,24)/t13-/m1/s1. The number of amides is 2. The van der Waals surface area contributed by atoms with Crippen LogP contribution in [0.15, 0.2) is 11.4 Å². The quantitative estimate of drug-likeness (QED) is 0.893. The van der Waals surface area contributed by atoms with Crippen molar-refractivity contribution in [2.45, 2.75) is 45.6 Å². The highest BCUT2D eigenvalue weighted by molar-refractivity contribution is 7.10. The predicted octanol–water partition coefficient (Wildman–Crippen LogP) is 2.37. The predicted molar refractivity (Wildman–Crippen MR) is 94.7 cm³/mol. The maximum atomic E-state index is 12.6. The third-order valence-electron chi connectivity index (χ3n) is 5.61. The van der Waals surface area contributed by atoms with Crippen molar-refractivity contribution >= 4 is 29.1 Å². The SMILES string of the molecule is Cc1cc(C(=O)N2CCC3(CCC(=O)N([C@H](C)C(=O)O)C3)CC2)cs1. The second-order valence-electron chi connectivity index (χ2n) is 7.27. The lowest BCUT2D eigenvalue weighted by Crippen LogP contribution is -2.55. The minimum absolute atomic E-state index is 0.0566. The van der Waals surface area contributed by atoms with E-state index >= 15 is 0 Å². The zero-order valence-electron chi connectivity index (χ0n) is 14.7. The molecule has 0 saturated carbocycles. The number of aryl methyl sites for hydroxylation is 1. The zero-order valence-corrected chi connectivity index (χ0v) is 15.5. The molecule has 3 heterocycles. The Bertz CT molecular complexity index is 691. The Hall–Kier alpha value is -1.89. The molecule has 1 spiro atoms. The van der Waals surface area contributed by atoms with E-state index in [1.54, 1.807) is 18.3 Å². The van der Waals surface area contributed by atoms with Crippen LogP contribution in [0.5, 0.6) is 0 Å². The van der Waals surface area contributed by atoms with Crippen LogP contribution in [-0.4, -0.2) is 58.4 Å². The Balaban J connectivity index is 1.65. The van der Waals surface area contributed by atoms with Crippen LogP contribution in [0.4, 0.5) is 0 Å². The Morgan fingerprint density at radius 2 is 1.96 bits per heavy atom. The van der Waals surface area contributed by atoms with Gasteiger partial charge in [0.15, 0.2) is 0 Å². The smallest absolute Gasteiger partial charge is 0.326 e. The number of carboxylic acid groups (broad SMARTS) is 1. The van der Waals surface area contributed by atoms with Crippen LogP contribution in [0, 0.1) is 12.3 Å². The fourth-order valence-corrected chi connectivity index (χ4v) is 4.54. The Morgan fingerprint density at radius 3 is 2.52 bits per heavy atom. The van der Waals surface area contributed by atoms with Gasteiger partial charge in [-0.3, -0.25) is 9.59 Å². The summed E-state index contributed by atoms with van der Waals surface area (Å²) < 4.78 is 0. The molecule has 7 heteroatoms. The van der Waals surface area contributed by atoms with E-state index in [0.717, 1.165) is 29.7 Å². The molecule has 1 atom stereocenters. The first kappa shape index (κ1) is 17.9. The number of carbonyl (C=O) groups is 3. The van der Waals surface area contributed by atoms with Gasteiger partial charge in [0, 0.05) is 36.3 Å². The third kappa shape index (κ3) is 3.56. The average molecular weight is 364 g/mol. The van der Waals surface area contributed by atoms with Gasteiger partial charge in [-0.25, -0.2) is 4.79 Å². The molecular weight excluding hydrogens is 340 g/mol. The van der Waals surface area contributed by atoms with Crippen molar-refractivity contribution in [2.24, 2.45) is 5.41 Å². The van der Waals surface area contributed by atoms with E-state index in [2.05, 4.69) is 0 Å². The molecule has 136 valence electrons. The number of carbonyl (C=O) groups excluding carboxylic acids is 2. The van der Waals surface area contributed by atoms with Crippen LogP contribution in [-0.2, 0) is 9.59 Å². The van der Waals surface area contributed by atoms with E-state index in [-0.39, 0.29) is 17.2 Å². The molecular formula is C18H24N2O4S. The average Bonchev–Trinajstić information content (AvgIpc) is 3.03. The number of thiophene rings is 1. The van der Waals surface area contributed by atoms with Crippen LogP contribution < -0.4 is 0 Å². The number of rotatable bonds is 3. The molecule has 6 nitrogen and oxygen atoms in total. The van der Waals surface area contributed by atoms with E-state index in [1.165, 1.54) is 4.90 Å². The van der Waals surface area contributed by atoms with E-state index in [1.807, 2.05) is 23.3 Å². The Morgan fingerprint density at radius 1 is 1.28 bits per heavy atom. The normalized spacial score (nSPS) is 21.4. The lowest BCUT2D eigenvalue weighted by molar-refractivity contribution is -0.154. The van der Waals surface area contributed by atoms with Crippen molar-refractivity contribution in [2.75, 3.05) is 19.6 Å². The summed E-state index contributed by atoms with van der Waals surface area (Å²) in [6, 6.07) is 1.13. The first-order valence-corrected chi connectivity index (χ1v) is 9.56. The van der Waals surface area contributed by atoms with Gasteiger partial charge in [0.1, 0.15) is 6.04 Å². The van der Waals surface area contributed by atoms with Crippen LogP contribution in [0.1, 0.15) is 47.8 Å². The van der Waals surface area contributed by atoms with Crippen molar-refractivity contribution in [3.05, 3.63) is 21.9 Å². The van der Waals surface area contributed by atoms with Crippen LogP contribution >= 0.6 is 11.3 Å². The fourth-order valence-electron chi connectivity index (χ4n) is 3.86. The molecule has 0 radical (unpaired) electrons. The maximum Gasteiger partial charge on any atom is 0.326 e. The molecule has 0 aromatic carbocycles. The number of nitrogens with zero attached hydrogens (tertiary/aromatic N) is 2. The highest BCUT2D eigenvalue weighted by Crippen LogP contribution is 2.41. The minimum Gasteiger partial charge on any atom is -0.480 e. The van der Waals surface area contributed by atoms with E-state index in [4.69, 9.17) is 0 Å². The summed E-state index contributed by atoms with van der Waals surface area (Å²) in [6.07, 6.45) is 2.82. The first-order valence-electron chi connectivity index (χ1n) is 8.68. The van der Waals surface area contributed by atoms with Crippen molar-refractivity contribution in [3.63, 3.8) is 0 Å². The molecule has 1 N–H and O–H groups in total. The Kier molecular flexibility index (Phi) is 4.86. The number of piperidine rings is 2. The van der Waals surface area contributed by atoms with Crippen LogP contribution in [0.25, 0.3) is 0 Å². The van der Waals surface area contributed by atoms with Gasteiger partial charge < -0.3 is 14.9 Å². The van der Waals surface area contributed by atoms with Crippen LogP contribution in [0.3, 0.4) is 0 Å². The molecule has 2 amide bonds. The van der Waals surface area contributed by atoms with E-state index < -0.39 is 12.0 Å². The van der Waals surface area contributed by atoms with Gasteiger partial charge in [-0.2, -0.15) is 0 Å². The highest BCUT2D eigenvalue weighted by Gasteiger charge is 2.43. The second kappa shape index (κ2) is 6.78. The lowest BCUT2D eigenvalue weighted by Gasteiger charge is -2.48. The molecule has 25 heavy (non-hydrogen) atoms. The first-order chi connectivity index (χ1) is 11.8. The van der Waals surface area contributed by atoms with Crippen molar-refractivity contribution in [3.8, 4) is 0 Å². The van der Waals surface area contributed by atoms with Gasteiger partial charge in [0.2, 0.25) is 5.91 Å². The summed E-state index contributed by atoms with van der Waals surface area (Å²) in [6.45, 7) is 5.37. The highest BCUT2D eigenvalue weighted by atomic mass is 32.1. The molecule has 1 aromatic heterocycles. The Labute approximate surface area is 151 Å². The van der Waals surface area contributed by atoms with Gasteiger partial charge in [0.05, 0.1) is 5.56 Å². The fraction of sp³-hybridized carbons (Fsp3) is 0.611. The van der Waals surface area contributed by atoms with E-state index in [9.17, 15) is 19.5 Å². The molecule has 2 fully saturated rings. The summed E-state index contributed by atoms with van der Waals surface area (Å²) >= 11 is 1.58. The largest absolute Gasteiger partial charge is 0.480 e. The number of carboxylic acids is 1. The van der Waals surface area contributed by atoms with Gasteiger partial charge >= 0.3 is 5.97 Å². The second-order valence-corrected chi connectivity index (χ2v) is 8.39. The van der Waals surface area contributed by atoms with Crippen molar-refractivity contribution in [1.29, 1.82) is 0 Å². The summed E-state index contributed by atoms with van der Waals surface area (Å²) in [5.41, 5.74) is 0.692. The summed E-state index contributed by atoms with van der Waals surface area (Å²) in [4.78, 5) is 40.5. The minimum atomic E-state index is -0.967. The lowest BCUT2D eigenvalue weighted by atomic mass is 9.72. The summed E-state index contributed by atoms with van der Waals surface area (Å²) in [7, 11) is 0. The molecule has 0 bridgehead atoms. The van der Waals surface area contributed by atoms with Crippen LogP contribution in [0.2, 0.25) is 0 Å². The molecule has 2 aliphatic heterocycles. The molecule has 0 aliphatic carbocycles. The van der Waals surface area contributed by atoms with Gasteiger partial charge in [-0.05, 0) is 44.6 Å². The third-order valence-corrected chi connectivity index (χ3v) is 6.47. The van der Waals surface area contributed by atoms with Crippen molar-refractivity contribution in [1.82, 2.24) is 9.80 Å². The van der Waals surface area contributed by atoms with E-state index in [0.29, 0.717) is 26.1 Å². The monoisotopic (exact) mass is 364 g/mol. The summed E-state index contributed by atoms with van der Waals surface area (Å²) in [5, 5.41) is 11.1. The zero-order chi connectivity index (χ0) is 18.2. The molecule has 1 aromatic rings. The topological polar surface area (TPSA) is 77.9 Å². The number of aliphatic carboxylic acids is 1.